The first kappa shape index (κ1) is 26.5. The van der Waals surface area contributed by atoms with Crippen molar-refractivity contribution in [1.29, 1.82) is 0 Å². The van der Waals surface area contributed by atoms with Crippen molar-refractivity contribution < 1.29 is 14.3 Å². The molecule has 1 unspecified atom stereocenters. The third-order valence-corrected chi connectivity index (χ3v) is 8.74. The van der Waals surface area contributed by atoms with E-state index >= 15 is 0 Å². The van der Waals surface area contributed by atoms with Gasteiger partial charge in [0.15, 0.2) is 0 Å². The van der Waals surface area contributed by atoms with Crippen molar-refractivity contribution in [2.24, 2.45) is 5.41 Å². The summed E-state index contributed by atoms with van der Waals surface area (Å²) in [4.78, 5) is 17.8. The average Bonchev–Trinajstić information content (AvgIpc) is 3.39. The molecule has 1 aromatic carbocycles. The van der Waals surface area contributed by atoms with Crippen LogP contribution in [0.2, 0.25) is 5.02 Å². The van der Waals surface area contributed by atoms with Gasteiger partial charge in [-0.15, -0.1) is 0 Å². The summed E-state index contributed by atoms with van der Waals surface area (Å²) in [6, 6.07) is 6.34. The molecule has 3 aliphatic rings. The number of hydrogen-bond acceptors (Lipinski definition) is 5. The molecule has 1 aliphatic carbocycles. The van der Waals surface area contributed by atoms with Gasteiger partial charge in [-0.3, -0.25) is 14.4 Å². The van der Waals surface area contributed by atoms with Crippen molar-refractivity contribution in [1.82, 2.24) is 19.6 Å². The SMILES string of the molecule is Cc1cc(OCC2(CC(=O)N3CCOCC3)CCCN(Cc3cnn(C4CCCCC4)c3)C2)ccc1Cl. The van der Waals surface area contributed by atoms with Gasteiger partial charge in [0.2, 0.25) is 5.91 Å². The maximum Gasteiger partial charge on any atom is 0.223 e. The number of carbonyl (C=O) groups is 1. The van der Waals surface area contributed by atoms with Crippen molar-refractivity contribution in [3.63, 3.8) is 0 Å². The Labute approximate surface area is 226 Å². The lowest BCUT2D eigenvalue weighted by Crippen LogP contribution is -2.50. The Balaban J connectivity index is 1.28. The summed E-state index contributed by atoms with van der Waals surface area (Å²) in [5.74, 6) is 1.03. The Kier molecular flexibility index (Phi) is 8.73. The summed E-state index contributed by atoms with van der Waals surface area (Å²) < 4.78 is 14.0. The number of aromatic nitrogens is 2. The van der Waals surface area contributed by atoms with Gasteiger partial charge in [-0.2, -0.15) is 5.10 Å². The van der Waals surface area contributed by atoms with E-state index in [1.165, 1.54) is 37.7 Å². The zero-order valence-electron chi connectivity index (χ0n) is 22.2. The van der Waals surface area contributed by atoms with Gasteiger partial charge < -0.3 is 14.4 Å². The van der Waals surface area contributed by atoms with Crippen LogP contribution in [0.1, 0.15) is 68.5 Å². The molecule has 37 heavy (non-hydrogen) atoms. The zero-order chi connectivity index (χ0) is 25.7. The summed E-state index contributed by atoms with van der Waals surface area (Å²) in [5, 5.41) is 5.46. The van der Waals surface area contributed by atoms with Crippen LogP contribution in [-0.2, 0) is 16.1 Å². The van der Waals surface area contributed by atoms with Crippen molar-refractivity contribution in [3.05, 3.63) is 46.7 Å². The van der Waals surface area contributed by atoms with Gasteiger partial charge in [0, 0.05) is 54.8 Å². The summed E-state index contributed by atoms with van der Waals surface area (Å²) in [7, 11) is 0. The van der Waals surface area contributed by atoms with E-state index in [1.807, 2.05) is 36.2 Å². The van der Waals surface area contributed by atoms with Gasteiger partial charge >= 0.3 is 0 Å². The van der Waals surface area contributed by atoms with Crippen LogP contribution >= 0.6 is 11.6 Å². The van der Waals surface area contributed by atoms with Gasteiger partial charge in [0.1, 0.15) is 5.75 Å². The second-order valence-electron chi connectivity index (χ2n) is 11.3. The first-order valence-corrected chi connectivity index (χ1v) is 14.4. The highest BCUT2D eigenvalue weighted by molar-refractivity contribution is 6.31. The largest absolute Gasteiger partial charge is 0.493 e. The molecule has 1 aromatic heterocycles. The second kappa shape index (κ2) is 12.2. The fraction of sp³-hybridized carbons (Fsp3) is 0.655. The summed E-state index contributed by atoms with van der Waals surface area (Å²) in [6.45, 7) is 7.83. The van der Waals surface area contributed by atoms with E-state index in [2.05, 4.69) is 15.8 Å². The number of piperidine rings is 1. The van der Waals surface area contributed by atoms with Gasteiger partial charge in [0.05, 0.1) is 32.1 Å². The van der Waals surface area contributed by atoms with Crippen LogP contribution in [0.3, 0.4) is 0 Å². The number of morpholine rings is 1. The fourth-order valence-corrected chi connectivity index (χ4v) is 6.33. The molecule has 0 spiro atoms. The van der Waals surface area contributed by atoms with Crippen LogP contribution < -0.4 is 4.74 Å². The molecule has 2 aliphatic heterocycles. The van der Waals surface area contributed by atoms with E-state index < -0.39 is 0 Å². The molecule has 2 saturated heterocycles. The molecule has 7 nitrogen and oxygen atoms in total. The van der Waals surface area contributed by atoms with E-state index in [4.69, 9.17) is 26.2 Å². The number of rotatable bonds is 8. The van der Waals surface area contributed by atoms with Crippen molar-refractivity contribution in [3.8, 4) is 5.75 Å². The number of nitrogens with zero attached hydrogens (tertiary/aromatic N) is 4. The third kappa shape index (κ3) is 6.87. The molecular formula is C29H41ClN4O3. The normalized spacial score (nSPS) is 23.8. The average molecular weight is 529 g/mol. The summed E-state index contributed by atoms with van der Waals surface area (Å²) in [5.41, 5.74) is 2.02. The van der Waals surface area contributed by atoms with Crippen molar-refractivity contribution >= 4 is 17.5 Å². The minimum atomic E-state index is -0.236. The Morgan fingerprint density at radius 1 is 1.16 bits per heavy atom. The lowest BCUT2D eigenvalue weighted by Gasteiger charge is -2.43. The molecule has 0 N–H and O–H groups in total. The first-order valence-electron chi connectivity index (χ1n) is 14.0. The van der Waals surface area contributed by atoms with E-state index in [1.54, 1.807) is 0 Å². The molecule has 1 amide bonds. The van der Waals surface area contributed by atoms with Crippen molar-refractivity contribution in [2.75, 3.05) is 46.0 Å². The second-order valence-corrected chi connectivity index (χ2v) is 11.7. The van der Waals surface area contributed by atoms with E-state index in [-0.39, 0.29) is 11.3 Å². The van der Waals surface area contributed by atoms with E-state index in [0.717, 1.165) is 48.8 Å². The van der Waals surface area contributed by atoms with Crippen LogP contribution in [-0.4, -0.2) is 71.5 Å². The zero-order valence-corrected chi connectivity index (χ0v) is 22.9. The molecule has 0 radical (unpaired) electrons. The van der Waals surface area contributed by atoms with Crippen LogP contribution in [0.15, 0.2) is 30.6 Å². The van der Waals surface area contributed by atoms with Crippen molar-refractivity contribution in [2.45, 2.75) is 70.9 Å². The number of likely N-dealkylation sites (tertiary alicyclic amines) is 1. The molecule has 3 fully saturated rings. The molecule has 2 aromatic rings. The Bertz CT molecular complexity index is 1050. The lowest BCUT2D eigenvalue weighted by molar-refractivity contribution is -0.139. The number of benzene rings is 1. The van der Waals surface area contributed by atoms with E-state index in [0.29, 0.717) is 45.4 Å². The molecule has 1 saturated carbocycles. The summed E-state index contributed by atoms with van der Waals surface area (Å²) in [6.07, 6.45) is 13.2. The highest BCUT2D eigenvalue weighted by atomic mass is 35.5. The number of ether oxygens (including phenoxy) is 2. The Morgan fingerprint density at radius 3 is 2.76 bits per heavy atom. The number of aryl methyl sites for hydroxylation is 1. The van der Waals surface area contributed by atoms with Gasteiger partial charge in [-0.25, -0.2) is 0 Å². The van der Waals surface area contributed by atoms with Gasteiger partial charge in [0.25, 0.3) is 0 Å². The maximum absolute atomic E-state index is 13.4. The molecule has 202 valence electrons. The molecule has 3 heterocycles. The fourth-order valence-electron chi connectivity index (χ4n) is 6.21. The maximum atomic E-state index is 13.4. The topological polar surface area (TPSA) is 59.8 Å². The minimum absolute atomic E-state index is 0.214. The van der Waals surface area contributed by atoms with Gasteiger partial charge in [-0.05, 0) is 62.9 Å². The minimum Gasteiger partial charge on any atom is -0.493 e. The molecule has 1 atom stereocenters. The van der Waals surface area contributed by atoms with Crippen LogP contribution in [0, 0.1) is 12.3 Å². The monoisotopic (exact) mass is 528 g/mol. The molecular weight excluding hydrogens is 488 g/mol. The molecule has 8 heteroatoms. The van der Waals surface area contributed by atoms with Gasteiger partial charge in [-0.1, -0.05) is 30.9 Å². The first-order chi connectivity index (χ1) is 18.0. The number of amides is 1. The quantitative estimate of drug-likeness (QED) is 0.467. The van der Waals surface area contributed by atoms with Crippen LogP contribution in [0.25, 0.3) is 0 Å². The highest BCUT2D eigenvalue weighted by Gasteiger charge is 2.40. The number of hydrogen-bond donors (Lipinski definition) is 0. The standard InChI is InChI=1S/C29H41ClN4O3/c1-23-16-26(8-9-27(23)30)37-22-29(17-28(35)33-12-14-36-15-13-33)10-5-11-32(21-29)19-24-18-31-34(20-24)25-6-3-2-4-7-25/h8-9,16,18,20,25H,2-7,10-15,17,19,21-22H2,1H3. The smallest absolute Gasteiger partial charge is 0.223 e. The lowest BCUT2D eigenvalue weighted by atomic mass is 9.77. The third-order valence-electron chi connectivity index (χ3n) is 8.31. The Morgan fingerprint density at radius 2 is 1.97 bits per heavy atom. The number of halogens is 1. The summed E-state index contributed by atoms with van der Waals surface area (Å²) >= 11 is 6.23. The Hall–Kier alpha value is -2.09. The van der Waals surface area contributed by atoms with Crippen LogP contribution in [0.5, 0.6) is 5.75 Å². The number of carbonyl (C=O) groups excluding carboxylic acids is 1. The highest BCUT2D eigenvalue weighted by Crippen LogP contribution is 2.36. The predicted octanol–water partition coefficient (Wildman–Crippen LogP) is 5.26. The van der Waals surface area contributed by atoms with Crippen LogP contribution in [0.4, 0.5) is 0 Å². The molecule has 5 rings (SSSR count). The molecule has 0 bridgehead atoms. The predicted molar refractivity (Wildman–Crippen MR) is 145 cm³/mol. The van der Waals surface area contributed by atoms with E-state index in [9.17, 15) is 4.79 Å².